The summed E-state index contributed by atoms with van der Waals surface area (Å²) in [6, 6.07) is 5.19. The third-order valence-electron chi connectivity index (χ3n) is 4.69. The third kappa shape index (κ3) is 4.34. The Morgan fingerprint density at radius 1 is 1.23 bits per heavy atom. The number of hydrogen-bond acceptors (Lipinski definition) is 8. The number of aliphatic hydroxyl groups is 1. The third-order valence-corrected chi connectivity index (χ3v) is 4.97. The summed E-state index contributed by atoms with van der Waals surface area (Å²) < 4.78 is 5.09. The second kappa shape index (κ2) is 8.64. The Labute approximate surface area is 177 Å². The van der Waals surface area contributed by atoms with E-state index in [0.717, 1.165) is 5.56 Å². The number of carbonyl (C=O) groups excluding carboxylic acids is 1. The number of hydrogen-bond donors (Lipinski definition) is 2. The summed E-state index contributed by atoms with van der Waals surface area (Å²) in [4.78, 5) is 28.9. The van der Waals surface area contributed by atoms with Gasteiger partial charge in [-0.3, -0.25) is 5.32 Å². The van der Waals surface area contributed by atoms with Gasteiger partial charge in [-0.1, -0.05) is 22.8 Å². The van der Waals surface area contributed by atoms with Crippen LogP contribution in [0, 0.1) is 6.92 Å². The molecule has 0 aromatic carbocycles. The van der Waals surface area contributed by atoms with Gasteiger partial charge in [0.15, 0.2) is 5.82 Å². The average molecular weight is 430 g/mol. The molecule has 11 heteroatoms. The van der Waals surface area contributed by atoms with Gasteiger partial charge < -0.3 is 19.4 Å². The molecule has 1 aliphatic rings. The molecule has 0 unspecified atom stereocenters. The molecule has 3 aromatic heterocycles. The van der Waals surface area contributed by atoms with Crippen molar-refractivity contribution in [2.24, 2.45) is 0 Å². The number of carbonyl (C=O) groups is 1. The number of halogens is 1. The highest BCUT2D eigenvalue weighted by molar-refractivity contribution is 6.33. The Balaban J connectivity index is 1.37. The fourth-order valence-corrected chi connectivity index (χ4v) is 3.35. The minimum absolute atomic E-state index is 0.184. The maximum atomic E-state index is 12.5. The number of amides is 2. The highest BCUT2D eigenvalue weighted by atomic mass is 35.5. The molecule has 1 fully saturated rings. The molecular weight excluding hydrogens is 410 g/mol. The van der Waals surface area contributed by atoms with Gasteiger partial charge in [-0.15, -0.1) is 0 Å². The summed E-state index contributed by atoms with van der Waals surface area (Å²) in [6.07, 6.45) is 3.31. The molecule has 1 aliphatic heterocycles. The lowest BCUT2D eigenvalue weighted by Crippen LogP contribution is -2.50. The number of urea groups is 1. The van der Waals surface area contributed by atoms with Gasteiger partial charge in [-0.2, -0.15) is 4.98 Å². The van der Waals surface area contributed by atoms with Crippen LogP contribution < -0.4 is 10.2 Å². The van der Waals surface area contributed by atoms with Crippen molar-refractivity contribution in [1.82, 2.24) is 25.0 Å². The number of pyridine rings is 2. The normalized spacial score (nSPS) is 14.1. The van der Waals surface area contributed by atoms with Gasteiger partial charge in [0, 0.05) is 38.6 Å². The summed E-state index contributed by atoms with van der Waals surface area (Å²) in [5.41, 5.74) is 1.60. The second-order valence-electron chi connectivity index (χ2n) is 6.83. The maximum absolute atomic E-state index is 12.5. The topological polar surface area (TPSA) is 121 Å². The standard InChI is InChI=1S/C19H20ClN7O3/c1-12-2-3-15(21-9-12)24-19(29)27-6-4-26(5-7-27)17-14(20)8-13(10-22-17)18-23-16(11-28)25-30-18/h2-3,8-10,28H,4-7,11H2,1H3,(H,21,24,29). The van der Waals surface area contributed by atoms with Gasteiger partial charge in [0.05, 0.1) is 10.6 Å². The first-order chi connectivity index (χ1) is 14.5. The van der Waals surface area contributed by atoms with E-state index < -0.39 is 0 Å². The first-order valence-corrected chi connectivity index (χ1v) is 9.74. The van der Waals surface area contributed by atoms with Gasteiger partial charge in [0.1, 0.15) is 18.2 Å². The van der Waals surface area contributed by atoms with E-state index in [-0.39, 0.29) is 24.4 Å². The van der Waals surface area contributed by atoms with Gasteiger partial charge >= 0.3 is 6.03 Å². The van der Waals surface area contributed by atoms with Crippen molar-refractivity contribution in [3.05, 3.63) is 47.0 Å². The Bertz CT molecular complexity index is 1030. The van der Waals surface area contributed by atoms with Crippen molar-refractivity contribution in [2.45, 2.75) is 13.5 Å². The summed E-state index contributed by atoms with van der Waals surface area (Å²) in [6.45, 7) is 3.88. The Kier molecular flexibility index (Phi) is 5.77. The number of aryl methyl sites for hydroxylation is 1. The molecule has 3 aromatic rings. The molecule has 0 bridgehead atoms. The highest BCUT2D eigenvalue weighted by Crippen LogP contribution is 2.29. The molecule has 0 saturated carbocycles. The van der Waals surface area contributed by atoms with E-state index in [1.54, 1.807) is 29.4 Å². The van der Waals surface area contributed by atoms with Crippen LogP contribution >= 0.6 is 11.6 Å². The molecular formula is C19H20ClN7O3. The molecule has 0 radical (unpaired) electrons. The largest absolute Gasteiger partial charge is 0.388 e. The zero-order valence-corrected chi connectivity index (χ0v) is 17.0. The molecule has 2 amide bonds. The lowest BCUT2D eigenvalue weighted by Gasteiger charge is -2.35. The van der Waals surface area contributed by atoms with Gasteiger partial charge in [0.2, 0.25) is 0 Å². The van der Waals surface area contributed by atoms with Crippen LogP contribution in [-0.2, 0) is 6.61 Å². The summed E-state index contributed by atoms with van der Waals surface area (Å²) in [5, 5.41) is 16.0. The highest BCUT2D eigenvalue weighted by Gasteiger charge is 2.24. The molecule has 0 aliphatic carbocycles. The number of rotatable bonds is 4. The Morgan fingerprint density at radius 3 is 2.67 bits per heavy atom. The van der Waals surface area contributed by atoms with Crippen LogP contribution in [0.15, 0.2) is 35.1 Å². The van der Waals surface area contributed by atoms with Crippen molar-refractivity contribution in [2.75, 3.05) is 36.4 Å². The lowest BCUT2D eigenvalue weighted by atomic mass is 10.2. The number of anilines is 2. The number of nitrogens with zero attached hydrogens (tertiary/aromatic N) is 6. The van der Waals surface area contributed by atoms with Gasteiger partial charge in [0.25, 0.3) is 5.89 Å². The molecule has 2 N–H and O–H groups in total. The minimum atomic E-state index is -0.305. The Hall–Kier alpha value is -3.24. The van der Waals surface area contributed by atoms with Crippen LogP contribution in [0.5, 0.6) is 0 Å². The van der Waals surface area contributed by atoms with E-state index in [2.05, 4.69) is 25.4 Å². The fraction of sp³-hybridized carbons (Fsp3) is 0.316. The van der Waals surface area contributed by atoms with Crippen molar-refractivity contribution in [3.8, 4) is 11.5 Å². The predicted octanol–water partition coefficient (Wildman–Crippen LogP) is 2.33. The summed E-state index contributed by atoms with van der Waals surface area (Å²) >= 11 is 6.43. The van der Waals surface area contributed by atoms with Crippen molar-refractivity contribution >= 4 is 29.3 Å². The monoisotopic (exact) mass is 429 g/mol. The summed E-state index contributed by atoms with van der Waals surface area (Å²) in [5.74, 6) is 1.59. The van der Waals surface area contributed by atoms with Crippen LogP contribution in [0.3, 0.4) is 0 Å². The van der Waals surface area contributed by atoms with Gasteiger partial charge in [-0.25, -0.2) is 14.8 Å². The first kappa shape index (κ1) is 20.0. The summed E-state index contributed by atoms with van der Waals surface area (Å²) in [7, 11) is 0. The van der Waals surface area contributed by atoms with Crippen molar-refractivity contribution in [1.29, 1.82) is 0 Å². The van der Waals surface area contributed by atoms with Gasteiger partial charge in [-0.05, 0) is 24.6 Å². The van der Waals surface area contributed by atoms with Crippen LogP contribution in [0.2, 0.25) is 5.02 Å². The SMILES string of the molecule is Cc1ccc(NC(=O)N2CCN(c3ncc(-c4nc(CO)no4)cc3Cl)CC2)nc1. The molecule has 1 saturated heterocycles. The van der Waals surface area contributed by atoms with Crippen molar-refractivity contribution in [3.63, 3.8) is 0 Å². The molecule has 0 atom stereocenters. The molecule has 156 valence electrons. The van der Waals surface area contributed by atoms with E-state index in [1.165, 1.54) is 0 Å². The maximum Gasteiger partial charge on any atom is 0.323 e. The molecule has 10 nitrogen and oxygen atoms in total. The Morgan fingerprint density at radius 2 is 2.03 bits per heavy atom. The molecule has 4 rings (SSSR count). The zero-order valence-electron chi connectivity index (χ0n) is 16.2. The number of aliphatic hydroxyl groups excluding tert-OH is 1. The van der Waals surface area contributed by atoms with Crippen LogP contribution in [0.4, 0.5) is 16.4 Å². The van der Waals surface area contributed by atoms with E-state index in [0.29, 0.717) is 48.4 Å². The second-order valence-corrected chi connectivity index (χ2v) is 7.24. The molecule has 4 heterocycles. The van der Waals surface area contributed by atoms with Crippen molar-refractivity contribution < 1.29 is 14.4 Å². The van der Waals surface area contributed by atoms with E-state index in [9.17, 15) is 4.79 Å². The fourth-order valence-electron chi connectivity index (χ4n) is 3.07. The average Bonchev–Trinajstić information content (AvgIpc) is 3.25. The van der Waals surface area contributed by atoms with E-state index in [1.807, 2.05) is 17.9 Å². The molecule has 0 spiro atoms. The molecule has 30 heavy (non-hydrogen) atoms. The van der Waals surface area contributed by atoms with E-state index >= 15 is 0 Å². The minimum Gasteiger partial charge on any atom is -0.388 e. The number of piperazine rings is 1. The van der Waals surface area contributed by atoms with Crippen LogP contribution in [0.25, 0.3) is 11.5 Å². The predicted molar refractivity (Wildman–Crippen MR) is 110 cm³/mol. The number of aromatic nitrogens is 4. The quantitative estimate of drug-likeness (QED) is 0.648. The van der Waals surface area contributed by atoms with E-state index in [4.69, 9.17) is 21.2 Å². The van der Waals surface area contributed by atoms with Crippen LogP contribution in [0.1, 0.15) is 11.4 Å². The smallest absolute Gasteiger partial charge is 0.323 e. The lowest BCUT2D eigenvalue weighted by molar-refractivity contribution is 0.208. The first-order valence-electron chi connectivity index (χ1n) is 9.36. The van der Waals surface area contributed by atoms with Crippen LogP contribution in [-0.4, -0.2) is 62.3 Å². The zero-order chi connectivity index (χ0) is 21.1. The number of nitrogens with one attached hydrogen (secondary N) is 1.